The minimum absolute atomic E-state index is 0.0152. The van der Waals surface area contributed by atoms with E-state index in [0.717, 1.165) is 0 Å². The second-order valence-corrected chi connectivity index (χ2v) is 6.22. The Morgan fingerprint density at radius 2 is 2.17 bits per heavy atom. The highest BCUT2D eigenvalue weighted by molar-refractivity contribution is 8.13. The number of rotatable bonds is 5. The summed E-state index contributed by atoms with van der Waals surface area (Å²) in [6.07, 6.45) is 0.323. The second kappa shape index (κ2) is 6.17. The van der Waals surface area contributed by atoms with Gasteiger partial charge in [-0.1, -0.05) is 12.1 Å². The third-order valence-corrected chi connectivity index (χ3v) is 3.81. The average molecular weight is 292 g/mol. The van der Waals surface area contributed by atoms with Crippen LogP contribution >= 0.6 is 10.7 Å². The Hall–Kier alpha value is -1.11. The van der Waals surface area contributed by atoms with Crippen molar-refractivity contribution >= 4 is 25.7 Å². The predicted octanol–water partition coefficient (Wildman–Crippen LogP) is 0.918. The number of esters is 1. The summed E-state index contributed by atoms with van der Waals surface area (Å²) in [5.41, 5.74) is 0.682. The summed E-state index contributed by atoms with van der Waals surface area (Å²) in [4.78, 5) is 11.4. The maximum Gasteiger partial charge on any atom is 0.323 e. The molecule has 0 amide bonds. The fourth-order valence-corrected chi connectivity index (χ4v) is 2.33. The standard InChI is InChI=1S/C11H14ClNO4S/c1-13-10(11(14)17-2)7-8-4-3-5-9(6-8)18(12,15)16/h3-6,10,13H,7H2,1-2H3/t10-/m0/s1. The van der Waals surface area contributed by atoms with Crippen molar-refractivity contribution in [2.75, 3.05) is 14.2 Å². The van der Waals surface area contributed by atoms with Crippen molar-refractivity contribution in [3.05, 3.63) is 29.8 Å². The first-order valence-corrected chi connectivity index (χ1v) is 7.48. The molecule has 0 aliphatic rings. The fraction of sp³-hybridized carbons (Fsp3) is 0.364. The summed E-state index contributed by atoms with van der Waals surface area (Å²) >= 11 is 0. The van der Waals surface area contributed by atoms with Crippen LogP contribution in [0.25, 0.3) is 0 Å². The predicted molar refractivity (Wildman–Crippen MR) is 68.0 cm³/mol. The highest BCUT2D eigenvalue weighted by Gasteiger charge is 2.18. The van der Waals surface area contributed by atoms with Gasteiger partial charge in [-0.3, -0.25) is 4.79 Å². The van der Waals surface area contributed by atoms with E-state index >= 15 is 0 Å². The topological polar surface area (TPSA) is 72.5 Å². The smallest absolute Gasteiger partial charge is 0.323 e. The first-order chi connectivity index (χ1) is 8.38. The summed E-state index contributed by atoms with van der Waals surface area (Å²) < 4.78 is 27.0. The molecule has 0 unspecified atom stereocenters. The van der Waals surface area contributed by atoms with Crippen molar-refractivity contribution in [2.45, 2.75) is 17.4 Å². The van der Waals surface area contributed by atoms with Crippen LogP contribution in [-0.4, -0.2) is 34.6 Å². The molecule has 1 rings (SSSR count). The number of carbonyl (C=O) groups is 1. The van der Waals surface area contributed by atoms with Crippen molar-refractivity contribution < 1.29 is 17.9 Å². The molecule has 5 nitrogen and oxygen atoms in total. The number of ether oxygens (including phenoxy) is 1. The second-order valence-electron chi connectivity index (χ2n) is 3.65. The molecule has 1 N–H and O–H groups in total. The molecule has 0 saturated carbocycles. The molecule has 100 valence electrons. The minimum atomic E-state index is -3.76. The molecule has 1 aromatic carbocycles. The van der Waals surface area contributed by atoms with Crippen LogP contribution in [0, 0.1) is 0 Å². The molecule has 18 heavy (non-hydrogen) atoms. The van der Waals surface area contributed by atoms with Gasteiger partial charge in [0.2, 0.25) is 0 Å². The number of methoxy groups -OCH3 is 1. The van der Waals surface area contributed by atoms with Gasteiger partial charge in [0.25, 0.3) is 9.05 Å². The lowest BCUT2D eigenvalue weighted by molar-refractivity contribution is -0.142. The fourth-order valence-electron chi connectivity index (χ4n) is 1.51. The van der Waals surface area contributed by atoms with E-state index in [-0.39, 0.29) is 4.90 Å². The lowest BCUT2D eigenvalue weighted by atomic mass is 10.1. The Bertz CT molecular complexity index is 530. The van der Waals surface area contributed by atoms with Crippen LogP contribution in [0.4, 0.5) is 0 Å². The van der Waals surface area contributed by atoms with Crippen LogP contribution in [-0.2, 0) is 25.0 Å². The van der Waals surface area contributed by atoms with Gasteiger partial charge >= 0.3 is 5.97 Å². The van der Waals surface area contributed by atoms with Gasteiger partial charge in [0, 0.05) is 10.7 Å². The normalized spacial score (nSPS) is 13.1. The number of hydrogen-bond acceptors (Lipinski definition) is 5. The summed E-state index contributed by atoms with van der Waals surface area (Å²) in [7, 11) is 4.42. The van der Waals surface area contributed by atoms with E-state index in [1.807, 2.05) is 0 Å². The van der Waals surface area contributed by atoms with Crippen LogP contribution in [0.3, 0.4) is 0 Å². The van der Waals surface area contributed by atoms with Crippen molar-refractivity contribution in [1.82, 2.24) is 5.32 Å². The number of hydrogen-bond donors (Lipinski definition) is 1. The van der Waals surface area contributed by atoms with Crippen LogP contribution in [0.15, 0.2) is 29.2 Å². The van der Waals surface area contributed by atoms with E-state index in [4.69, 9.17) is 10.7 Å². The first kappa shape index (κ1) is 14.9. The summed E-state index contributed by atoms with van der Waals surface area (Å²) in [5, 5.41) is 2.80. The van der Waals surface area contributed by atoms with E-state index in [1.165, 1.54) is 19.2 Å². The monoisotopic (exact) mass is 291 g/mol. The van der Waals surface area contributed by atoms with Gasteiger partial charge in [-0.05, 0) is 31.2 Å². The molecular weight excluding hydrogens is 278 g/mol. The summed E-state index contributed by atoms with van der Waals surface area (Å²) in [6, 6.07) is 5.62. The summed E-state index contributed by atoms with van der Waals surface area (Å²) in [5.74, 6) is -0.406. The quantitative estimate of drug-likeness (QED) is 0.645. The molecule has 0 spiro atoms. The Balaban J connectivity index is 2.94. The molecule has 0 bridgehead atoms. The molecule has 0 saturated heterocycles. The van der Waals surface area contributed by atoms with E-state index in [9.17, 15) is 13.2 Å². The van der Waals surface area contributed by atoms with E-state index in [0.29, 0.717) is 12.0 Å². The highest BCUT2D eigenvalue weighted by Crippen LogP contribution is 2.17. The van der Waals surface area contributed by atoms with Gasteiger partial charge in [0.15, 0.2) is 0 Å². The maximum atomic E-state index is 11.4. The largest absolute Gasteiger partial charge is 0.468 e. The Kier molecular flexibility index (Phi) is 5.13. The molecule has 0 aromatic heterocycles. The maximum absolute atomic E-state index is 11.4. The zero-order valence-corrected chi connectivity index (χ0v) is 11.6. The Morgan fingerprint density at radius 3 is 2.67 bits per heavy atom. The SMILES string of the molecule is CN[C@@H](Cc1cccc(S(=O)(=O)Cl)c1)C(=O)OC. The van der Waals surface area contributed by atoms with Gasteiger partial charge in [0.1, 0.15) is 6.04 Å². The van der Waals surface area contributed by atoms with Gasteiger partial charge < -0.3 is 10.1 Å². The third-order valence-electron chi connectivity index (χ3n) is 2.45. The number of carbonyl (C=O) groups excluding carboxylic acids is 1. The molecule has 7 heteroatoms. The molecule has 0 aliphatic carbocycles. The molecule has 0 radical (unpaired) electrons. The minimum Gasteiger partial charge on any atom is -0.468 e. The number of likely N-dealkylation sites (N-methyl/N-ethyl adjacent to an activating group) is 1. The number of halogens is 1. The van der Waals surface area contributed by atoms with E-state index < -0.39 is 21.1 Å². The molecule has 1 atom stereocenters. The van der Waals surface area contributed by atoms with Crippen molar-refractivity contribution in [2.24, 2.45) is 0 Å². The molecule has 0 fully saturated rings. The van der Waals surface area contributed by atoms with Gasteiger partial charge in [-0.25, -0.2) is 8.42 Å². The Labute approximate surface area is 111 Å². The molecule has 0 aliphatic heterocycles. The zero-order valence-electron chi connectivity index (χ0n) is 10.0. The number of nitrogens with one attached hydrogen (secondary N) is 1. The van der Waals surface area contributed by atoms with Crippen molar-refractivity contribution in [1.29, 1.82) is 0 Å². The summed E-state index contributed by atoms with van der Waals surface area (Å²) in [6.45, 7) is 0. The Morgan fingerprint density at radius 1 is 1.50 bits per heavy atom. The molecule has 1 aromatic rings. The number of benzene rings is 1. The van der Waals surface area contributed by atoms with Crippen molar-refractivity contribution in [3.8, 4) is 0 Å². The first-order valence-electron chi connectivity index (χ1n) is 5.17. The van der Waals surface area contributed by atoms with Crippen LogP contribution in [0.1, 0.15) is 5.56 Å². The third kappa shape index (κ3) is 3.97. The van der Waals surface area contributed by atoms with Crippen LogP contribution < -0.4 is 5.32 Å². The van der Waals surface area contributed by atoms with Crippen molar-refractivity contribution in [3.63, 3.8) is 0 Å². The van der Waals surface area contributed by atoms with Crippen LogP contribution in [0.5, 0.6) is 0 Å². The molecular formula is C11H14ClNO4S. The highest BCUT2D eigenvalue weighted by atomic mass is 35.7. The van der Waals surface area contributed by atoms with Crippen LogP contribution in [0.2, 0.25) is 0 Å². The van der Waals surface area contributed by atoms with E-state index in [1.54, 1.807) is 19.2 Å². The van der Waals surface area contributed by atoms with Gasteiger partial charge in [0.05, 0.1) is 12.0 Å². The lowest BCUT2D eigenvalue weighted by Crippen LogP contribution is -2.36. The van der Waals surface area contributed by atoms with Gasteiger partial charge in [-0.2, -0.15) is 0 Å². The zero-order chi connectivity index (χ0) is 13.8. The average Bonchev–Trinajstić information content (AvgIpc) is 2.34. The molecule has 0 heterocycles. The van der Waals surface area contributed by atoms with Gasteiger partial charge in [-0.15, -0.1) is 0 Å². The lowest BCUT2D eigenvalue weighted by Gasteiger charge is -2.13. The van der Waals surface area contributed by atoms with E-state index in [2.05, 4.69) is 10.1 Å².